The lowest BCUT2D eigenvalue weighted by atomic mass is 10.0. The van der Waals surface area contributed by atoms with Crippen molar-refractivity contribution in [1.82, 2.24) is 4.98 Å². The fourth-order valence-corrected chi connectivity index (χ4v) is 6.50. The number of benzene rings is 5. The van der Waals surface area contributed by atoms with Gasteiger partial charge in [-0.05, 0) is 23.8 Å². The minimum atomic E-state index is 0.929. The topological polar surface area (TPSA) is 28.9 Å². The van der Waals surface area contributed by atoms with Gasteiger partial charge in [0.25, 0.3) is 0 Å². The van der Waals surface area contributed by atoms with Crippen molar-refractivity contribution in [3.05, 3.63) is 97.1 Å². The summed E-state index contributed by atoms with van der Waals surface area (Å²) in [5, 5.41) is 7.50. The largest absolute Gasteiger partial charge is 0.455 e. The van der Waals surface area contributed by atoms with E-state index in [4.69, 9.17) is 4.42 Å². The lowest BCUT2D eigenvalue weighted by molar-refractivity contribution is 0.670. The highest BCUT2D eigenvalue weighted by molar-refractivity contribution is 7.26. The van der Waals surface area contributed by atoms with Crippen LogP contribution in [0.3, 0.4) is 0 Å². The standard InChI is InChI=1S/C30H17NOS/c1-3-10-26-20(6-1)23-9-5-8-18(29(23)32-26)17-12-13-19-22-14-15-24-21-7-2-4-11-27(21)33-30(24)28(22)31-25(19)16-17/h1-16,31H. The molecular weight excluding hydrogens is 422 g/mol. The van der Waals surface area contributed by atoms with Crippen molar-refractivity contribution < 1.29 is 4.42 Å². The molecule has 0 spiro atoms. The fraction of sp³-hybridized carbons (Fsp3) is 0. The predicted molar refractivity (Wildman–Crippen MR) is 141 cm³/mol. The number of hydrogen-bond donors (Lipinski definition) is 1. The molecule has 154 valence electrons. The molecule has 0 radical (unpaired) electrons. The van der Waals surface area contributed by atoms with E-state index in [0.29, 0.717) is 0 Å². The van der Waals surface area contributed by atoms with Gasteiger partial charge in [0.15, 0.2) is 0 Å². The number of rotatable bonds is 1. The maximum Gasteiger partial charge on any atom is 0.143 e. The van der Waals surface area contributed by atoms with Crippen LogP contribution in [0.4, 0.5) is 0 Å². The third kappa shape index (κ3) is 2.32. The van der Waals surface area contributed by atoms with Gasteiger partial charge in [0.1, 0.15) is 11.2 Å². The van der Waals surface area contributed by atoms with Gasteiger partial charge in [0.05, 0.1) is 10.2 Å². The van der Waals surface area contributed by atoms with Crippen LogP contribution in [0.1, 0.15) is 0 Å². The Labute approximate surface area is 192 Å². The zero-order valence-corrected chi connectivity index (χ0v) is 18.4. The van der Waals surface area contributed by atoms with Crippen LogP contribution in [0.2, 0.25) is 0 Å². The van der Waals surface area contributed by atoms with Crippen molar-refractivity contribution in [2.75, 3.05) is 0 Å². The number of aromatic nitrogens is 1. The van der Waals surface area contributed by atoms with Crippen molar-refractivity contribution >= 4 is 75.3 Å². The molecule has 5 aromatic carbocycles. The second-order valence-electron chi connectivity index (χ2n) is 8.63. The van der Waals surface area contributed by atoms with Crippen molar-refractivity contribution in [2.45, 2.75) is 0 Å². The average molecular weight is 440 g/mol. The molecule has 8 rings (SSSR count). The van der Waals surface area contributed by atoms with E-state index in [9.17, 15) is 0 Å². The number of furan rings is 1. The maximum absolute atomic E-state index is 6.29. The number of aromatic amines is 1. The lowest BCUT2D eigenvalue weighted by Gasteiger charge is -2.03. The van der Waals surface area contributed by atoms with Gasteiger partial charge in [-0.15, -0.1) is 11.3 Å². The minimum absolute atomic E-state index is 0.929. The Bertz CT molecular complexity index is 2040. The lowest BCUT2D eigenvalue weighted by Crippen LogP contribution is -1.79. The van der Waals surface area contributed by atoms with Crippen molar-refractivity contribution in [3.63, 3.8) is 0 Å². The van der Waals surface area contributed by atoms with Gasteiger partial charge in [-0.3, -0.25) is 0 Å². The number of fused-ring (bicyclic) bond motifs is 10. The third-order valence-corrected chi connectivity index (χ3v) is 8.04. The van der Waals surface area contributed by atoms with Gasteiger partial charge in [0.2, 0.25) is 0 Å². The zero-order valence-electron chi connectivity index (χ0n) is 17.6. The first-order valence-electron chi connectivity index (χ1n) is 11.1. The molecule has 0 aliphatic heterocycles. The smallest absolute Gasteiger partial charge is 0.143 e. The molecule has 0 saturated carbocycles. The Hall–Kier alpha value is -4.08. The molecule has 0 atom stereocenters. The molecule has 33 heavy (non-hydrogen) atoms. The molecule has 0 amide bonds. The van der Waals surface area contributed by atoms with E-state index >= 15 is 0 Å². The van der Waals surface area contributed by atoms with Crippen LogP contribution < -0.4 is 0 Å². The number of nitrogens with one attached hydrogen (secondary N) is 1. The third-order valence-electron chi connectivity index (χ3n) is 6.83. The van der Waals surface area contributed by atoms with E-state index in [1.54, 1.807) is 0 Å². The number of thiophene rings is 1. The monoisotopic (exact) mass is 439 g/mol. The van der Waals surface area contributed by atoms with Crippen LogP contribution in [0.5, 0.6) is 0 Å². The molecule has 0 aliphatic carbocycles. The van der Waals surface area contributed by atoms with Crippen molar-refractivity contribution in [2.24, 2.45) is 0 Å². The summed E-state index contributed by atoms with van der Waals surface area (Å²) in [5.41, 5.74) is 6.53. The predicted octanol–water partition coefficient (Wildman–Crippen LogP) is 9.26. The highest BCUT2D eigenvalue weighted by Crippen LogP contribution is 2.41. The van der Waals surface area contributed by atoms with E-state index in [1.165, 1.54) is 36.5 Å². The van der Waals surface area contributed by atoms with E-state index < -0.39 is 0 Å². The summed E-state index contributed by atoms with van der Waals surface area (Å²) >= 11 is 1.86. The van der Waals surface area contributed by atoms with Crippen LogP contribution >= 0.6 is 11.3 Å². The molecule has 0 unspecified atom stereocenters. The summed E-state index contributed by atoms with van der Waals surface area (Å²) < 4.78 is 8.95. The molecule has 0 fully saturated rings. The summed E-state index contributed by atoms with van der Waals surface area (Å²) in [4.78, 5) is 3.75. The quantitative estimate of drug-likeness (QED) is 0.271. The average Bonchev–Trinajstić information content (AvgIpc) is 3.54. The van der Waals surface area contributed by atoms with Gasteiger partial charge >= 0.3 is 0 Å². The summed E-state index contributed by atoms with van der Waals surface area (Å²) in [7, 11) is 0. The normalized spacial score (nSPS) is 12.2. The first-order chi connectivity index (χ1) is 16.3. The Balaban J connectivity index is 1.41. The van der Waals surface area contributed by atoms with E-state index in [2.05, 4.69) is 89.9 Å². The van der Waals surface area contributed by atoms with Crippen molar-refractivity contribution in [3.8, 4) is 11.1 Å². The van der Waals surface area contributed by atoms with E-state index in [-0.39, 0.29) is 0 Å². The molecule has 3 heteroatoms. The van der Waals surface area contributed by atoms with Gasteiger partial charge in [-0.25, -0.2) is 0 Å². The highest BCUT2D eigenvalue weighted by Gasteiger charge is 2.15. The summed E-state index contributed by atoms with van der Waals surface area (Å²) in [6.45, 7) is 0. The zero-order chi connectivity index (χ0) is 21.5. The Morgan fingerprint density at radius 1 is 0.606 bits per heavy atom. The Kier molecular flexibility index (Phi) is 3.31. The highest BCUT2D eigenvalue weighted by atomic mass is 32.1. The first kappa shape index (κ1) is 17.5. The first-order valence-corrected chi connectivity index (χ1v) is 11.9. The molecular formula is C30H17NOS. The number of H-pyrrole nitrogens is 1. The van der Waals surface area contributed by atoms with Crippen LogP contribution in [0, 0.1) is 0 Å². The molecule has 3 aromatic heterocycles. The van der Waals surface area contributed by atoms with Crippen LogP contribution in [0.15, 0.2) is 101 Å². The second kappa shape index (κ2) is 6.25. The SMILES string of the molecule is c1ccc2c(c1)oc1c(-c3ccc4c(c3)[nH]c3c4ccc4c5ccccc5sc43)cccc12. The Morgan fingerprint density at radius 2 is 1.39 bits per heavy atom. The van der Waals surface area contributed by atoms with E-state index in [1.807, 2.05) is 23.5 Å². The Morgan fingerprint density at radius 3 is 2.36 bits per heavy atom. The molecule has 0 aliphatic rings. The fourth-order valence-electron chi connectivity index (χ4n) is 5.30. The van der Waals surface area contributed by atoms with Crippen LogP contribution in [-0.2, 0) is 0 Å². The van der Waals surface area contributed by atoms with Gasteiger partial charge in [0, 0.05) is 48.1 Å². The summed E-state index contributed by atoms with van der Waals surface area (Å²) in [6.07, 6.45) is 0. The van der Waals surface area contributed by atoms with E-state index in [0.717, 1.165) is 38.6 Å². The summed E-state index contributed by atoms with van der Waals surface area (Å²) in [6, 6.07) is 34.6. The molecule has 8 aromatic rings. The van der Waals surface area contributed by atoms with Gasteiger partial charge in [-0.1, -0.05) is 78.9 Å². The minimum Gasteiger partial charge on any atom is -0.455 e. The second-order valence-corrected chi connectivity index (χ2v) is 9.68. The summed E-state index contributed by atoms with van der Waals surface area (Å²) in [5.74, 6) is 0. The number of para-hydroxylation sites is 2. The molecule has 2 nitrogen and oxygen atoms in total. The molecule has 0 saturated heterocycles. The van der Waals surface area contributed by atoms with Crippen molar-refractivity contribution in [1.29, 1.82) is 0 Å². The van der Waals surface area contributed by atoms with Crippen LogP contribution in [0.25, 0.3) is 75.0 Å². The van der Waals surface area contributed by atoms with Gasteiger partial charge < -0.3 is 9.40 Å². The number of hydrogen-bond acceptors (Lipinski definition) is 2. The molecule has 3 heterocycles. The van der Waals surface area contributed by atoms with Gasteiger partial charge in [-0.2, -0.15) is 0 Å². The van der Waals surface area contributed by atoms with Crippen LogP contribution in [-0.4, -0.2) is 4.98 Å². The maximum atomic E-state index is 6.29. The molecule has 1 N–H and O–H groups in total. The molecule has 0 bridgehead atoms.